The predicted molar refractivity (Wildman–Crippen MR) is 119 cm³/mol. The number of oxazole rings is 1. The summed E-state index contributed by atoms with van der Waals surface area (Å²) in [6.45, 7) is 5.44. The Morgan fingerprint density at radius 1 is 1.18 bits per heavy atom. The van der Waals surface area contributed by atoms with Gasteiger partial charge >= 0.3 is 6.18 Å². The molecule has 5 nitrogen and oxygen atoms in total. The molecule has 4 rings (SSSR count). The molecular formula is C25H26F4N2O3. The van der Waals surface area contributed by atoms with Crippen molar-refractivity contribution in [2.75, 3.05) is 13.7 Å². The zero-order valence-corrected chi connectivity index (χ0v) is 19.4. The number of halogens is 4. The van der Waals surface area contributed by atoms with Crippen LogP contribution in [-0.2, 0) is 11.8 Å². The van der Waals surface area contributed by atoms with Gasteiger partial charge in [0.1, 0.15) is 17.1 Å². The van der Waals surface area contributed by atoms with Gasteiger partial charge < -0.3 is 14.5 Å². The van der Waals surface area contributed by atoms with Crippen LogP contribution in [0.3, 0.4) is 0 Å². The van der Waals surface area contributed by atoms with E-state index in [2.05, 4.69) is 10.3 Å². The Morgan fingerprint density at radius 3 is 2.47 bits per heavy atom. The van der Waals surface area contributed by atoms with E-state index in [4.69, 9.17) is 9.15 Å². The lowest BCUT2D eigenvalue weighted by molar-refractivity contribution is -0.184. The molecule has 1 aromatic heterocycles. The molecule has 0 saturated heterocycles. The number of methoxy groups -OCH3 is 1. The van der Waals surface area contributed by atoms with Gasteiger partial charge in [0.25, 0.3) is 5.91 Å². The van der Waals surface area contributed by atoms with Crippen molar-refractivity contribution in [1.82, 2.24) is 10.3 Å². The van der Waals surface area contributed by atoms with Gasteiger partial charge in [0, 0.05) is 23.2 Å². The molecule has 0 atom stereocenters. The zero-order valence-electron chi connectivity index (χ0n) is 19.4. The van der Waals surface area contributed by atoms with Gasteiger partial charge in [-0.25, -0.2) is 9.37 Å². The van der Waals surface area contributed by atoms with E-state index in [9.17, 15) is 22.4 Å². The second kappa shape index (κ2) is 8.29. The maximum atomic E-state index is 14.8. The molecular weight excluding hydrogens is 452 g/mol. The number of aromatic nitrogens is 1. The summed E-state index contributed by atoms with van der Waals surface area (Å²) in [4.78, 5) is 16.8. The number of ether oxygens (including phenoxy) is 1. The summed E-state index contributed by atoms with van der Waals surface area (Å²) >= 11 is 0. The van der Waals surface area contributed by atoms with Gasteiger partial charge in [-0.05, 0) is 48.6 Å². The summed E-state index contributed by atoms with van der Waals surface area (Å²) in [6.07, 6.45) is -4.24. The summed E-state index contributed by atoms with van der Waals surface area (Å²) in [6, 6.07) is 7.51. The van der Waals surface area contributed by atoms with Crippen LogP contribution in [0.4, 0.5) is 17.6 Å². The Kier molecular flexibility index (Phi) is 5.86. The number of rotatable bonds is 6. The number of nitrogens with one attached hydrogen (secondary N) is 1. The number of amides is 1. The fourth-order valence-corrected chi connectivity index (χ4v) is 3.90. The summed E-state index contributed by atoms with van der Waals surface area (Å²) in [5.41, 5.74) is -0.121. The van der Waals surface area contributed by atoms with Crippen LogP contribution in [-0.4, -0.2) is 30.7 Å². The third kappa shape index (κ3) is 4.60. The van der Waals surface area contributed by atoms with E-state index >= 15 is 0 Å². The Hall–Kier alpha value is -3.10. The molecule has 1 aliphatic carbocycles. The molecule has 1 aliphatic rings. The summed E-state index contributed by atoms with van der Waals surface area (Å²) in [7, 11) is 1.53. The van der Waals surface area contributed by atoms with Gasteiger partial charge in [-0.1, -0.05) is 20.8 Å². The molecule has 1 saturated carbocycles. The standard InChI is InChI=1S/C25H26F4N2O3/c1-23(2,3)16-12-17(26)15(10-20(16)33-4)11-21-31-18-9-14(5-6-19(18)34-21)22(32)30-13-24(7-8-24)25(27,28)29/h5-6,9-10,12H,7-8,11,13H2,1-4H3,(H,30,32). The van der Waals surface area contributed by atoms with Gasteiger partial charge in [0.15, 0.2) is 11.5 Å². The third-order valence-electron chi connectivity index (χ3n) is 6.25. The van der Waals surface area contributed by atoms with Crippen molar-refractivity contribution in [3.63, 3.8) is 0 Å². The third-order valence-corrected chi connectivity index (χ3v) is 6.25. The van der Waals surface area contributed by atoms with Crippen LogP contribution in [0.25, 0.3) is 11.1 Å². The number of fused-ring (bicyclic) bond motifs is 1. The van der Waals surface area contributed by atoms with Gasteiger partial charge in [-0.15, -0.1) is 0 Å². The highest BCUT2D eigenvalue weighted by molar-refractivity contribution is 5.97. The van der Waals surface area contributed by atoms with E-state index in [1.807, 2.05) is 20.8 Å². The van der Waals surface area contributed by atoms with Gasteiger partial charge in [0.05, 0.1) is 18.9 Å². The van der Waals surface area contributed by atoms with Gasteiger partial charge in [-0.2, -0.15) is 13.2 Å². The first-order valence-corrected chi connectivity index (χ1v) is 10.9. The highest BCUT2D eigenvalue weighted by Gasteiger charge is 2.63. The van der Waals surface area contributed by atoms with Gasteiger partial charge in [-0.3, -0.25) is 4.79 Å². The predicted octanol–water partition coefficient (Wildman–Crippen LogP) is 5.94. The molecule has 1 heterocycles. The first kappa shape index (κ1) is 24.0. The second-order valence-corrected chi connectivity index (χ2v) is 9.82. The van der Waals surface area contributed by atoms with Crippen molar-refractivity contribution in [2.24, 2.45) is 5.41 Å². The topological polar surface area (TPSA) is 64.4 Å². The van der Waals surface area contributed by atoms with Crippen molar-refractivity contribution in [3.8, 4) is 5.75 Å². The Morgan fingerprint density at radius 2 is 1.88 bits per heavy atom. The van der Waals surface area contributed by atoms with Crippen molar-refractivity contribution in [1.29, 1.82) is 0 Å². The lowest BCUT2D eigenvalue weighted by Crippen LogP contribution is -2.38. The quantitative estimate of drug-likeness (QED) is 0.446. The average Bonchev–Trinajstić information content (AvgIpc) is 3.45. The SMILES string of the molecule is COc1cc(Cc2nc3cc(C(=O)NCC4(C(F)(F)F)CC4)ccc3o2)c(F)cc1C(C)(C)C. The maximum Gasteiger partial charge on any atom is 0.396 e. The minimum Gasteiger partial charge on any atom is -0.496 e. The lowest BCUT2D eigenvalue weighted by atomic mass is 9.85. The highest BCUT2D eigenvalue weighted by atomic mass is 19.4. The lowest BCUT2D eigenvalue weighted by Gasteiger charge is -2.23. The van der Waals surface area contributed by atoms with Gasteiger partial charge in [0.2, 0.25) is 0 Å². The van der Waals surface area contributed by atoms with Crippen LogP contribution in [0.2, 0.25) is 0 Å². The van der Waals surface area contributed by atoms with Crippen molar-refractivity contribution in [3.05, 3.63) is 58.7 Å². The first-order chi connectivity index (χ1) is 15.8. The molecule has 1 amide bonds. The molecule has 1 N–H and O–H groups in total. The largest absolute Gasteiger partial charge is 0.496 e. The van der Waals surface area contributed by atoms with Crippen LogP contribution < -0.4 is 10.1 Å². The minimum atomic E-state index is -4.34. The van der Waals surface area contributed by atoms with Crippen LogP contribution >= 0.6 is 0 Å². The normalized spacial score (nSPS) is 15.4. The monoisotopic (exact) mass is 478 g/mol. The van der Waals surface area contributed by atoms with E-state index in [1.54, 1.807) is 6.07 Å². The molecule has 3 aromatic rings. The van der Waals surface area contributed by atoms with Crippen LogP contribution in [0.15, 0.2) is 34.7 Å². The molecule has 1 fully saturated rings. The summed E-state index contributed by atoms with van der Waals surface area (Å²) in [5.74, 6) is -0.223. The minimum absolute atomic E-state index is 0.0144. The number of benzene rings is 2. The number of hydrogen-bond donors (Lipinski definition) is 1. The van der Waals surface area contributed by atoms with E-state index in [0.29, 0.717) is 22.4 Å². The highest BCUT2D eigenvalue weighted by Crippen LogP contribution is 2.57. The Labute approximate surface area is 194 Å². The number of carbonyl (C=O) groups is 1. The summed E-state index contributed by atoms with van der Waals surface area (Å²) in [5, 5.41) is 2.38. The zero-order chi connectivity index (χ0) is 24.9. The van der Waals surface area contributed by atoms with Crippen LogP contribution in [0, 0.1) is 11.2 Å². The van der Waals surface area contributed by atoms with E-state index in [0.717, 1.165) is 5.56 Å². The van der Waals surface area contributed by atoms with Crippen LogP contribution in [0.5, 0.6) is 5.75 Å². The second-order valence-electron chi connectivity index (χ2n) is 9.82. The summed E-state index contributed by atoms with van der Waals surface area (Å²) < 4.78 is 65.2. The fraction of sp³-hybridized carbons (Fsp3) is 0.440. The maximum absolute atomic E-state index is 14.8. The van der Waals surface area contributed by atoms with E-state index in [-0.39, 0.29) is 36.1 Å². The van der Waals surface area contributed by atoms with Crippen molar-refractivity contribution in [2.45, 2.75) is 51.6 Å². The molecule has 0 spiro atoms. The number of alkyl halides is 3. The molecule has 34 heavy (non-hydrogen) atoms. The number of nitrogens with zero attached hydrogens (tertiary/aromatic N) is 1. The fourth-order valence-electron chi connectivity index (χ4n) is 3.90. The molecule has 9 heteroatoms. The Balaban J connectivity index is 1.52. The molecule has 0 unspecified atom stereocenters. The molecule has 0 bridgehead atoms. The van der Waals surface area contributed by atoms with Crippen molar-refractivity contribution < 1.29 is 31.5 Å². The Bertz CT molecular complexity index is 1240. The molecule has 0 radical (unpaired) electrons. The molecule has 2 aromatic carbocycles. The van der Waals surface area contributed by atoms with E-state index < -0.39 is 29.9 Å². The average molecular weight is 478 g/mol. The number of carbonyl (C=O) groups excluding carboxylic acids is 1. The smallest absolute Gasteiger partial charge is 0.396 e. The molecule has 182 valence electrons. The molecule has 0 aliphatic heterocycles. The first-order valence-electron chi connectivity index (χ1n) is 10.9. The van der Waals surface area contributed by atoms with Crippen molar-refractivity contribution >= 4 is 17.0 Å². The van der Waals surface area contributed by atoms with Crippen LogP contribution in [0.1, 0.15) is 61.0 Å². The number of hydrogen-bond acceptors (Lipinski definition) is 4. The van der Waals surface area contributed by atoms with E-state index in [1.165, 1.54) is 31.4 Å².